The van der Waals surface area contributed by atoms with Crippen LogP contribution < -0.4 is 5.84 Å². The van der Waals surface area contributed by atoms with E-state index < -0.39 is 17.8 Å². The number of rotatable bonds is 3. The van der Waals surface area contributed by atoms with E-state index in [0.29, 0.717) is 5.01 Å². The summed E-state index contributed by atoms with van der Waals surface area (Å²) >= 11 is 0. The van der Waals surface area contributed by atoms with Crippen molar-refractivity contribution in [1.82, 2.24) is 5.01 Å². The Bertz CT molecular complexity index is 248. The molecule has 0 heterocycles. The Hall–Kier alpha value is -1.30. The molecule has 2 N–H and O–H groups in total. The van der Waals surface area contributed by atoms with Crippen molar-refractivity contribution in [2.75, 3.05) is 6.61 Å². The lowest BCUT2D eigenvalue weighted by atomic mass is 10.2. The van der Waals surface area contributed by atoms with E-state index in [2.05, 4.69) is 0 Å². The van der Waals surface area contributed by atoms with E-state index in [1.165, 1.54) is 0 Å². The van der Waals surface area contributed by atoms with Gasteiger partial charge in [-0.05, 0) is 27.2 Å². The van der Waals surface area contributed by atoms with Gasteiger partial charge in [0, 0.05) is 0 Å². The third kappa shape index (κ3) is 6.23. The van der Waals surface area contributed by atoms with Crippen LogP contribution in [0.1, 0.15) is 40.5 Å². The summed E-state index contributed by atoms with van der Waals surface area (Å²) < 4.78 is 9.63. The summed E-state index contributed by atoms with van der Waals surface area (Å²) in [5, 5.41) is 0.334. The second-order valence-corrected chi connectivity index (χ2v) is 4.32. The van der Waals surface area contributed by atoms with E-state index in [1.807, 2.05) is 6.92 Å². The Kier molecular flexibility index (Phi) is 5.81. The molecular formula is C10H20N2O4. The molecule has 6 nitrogen and oxygen atoms in total. The van der Waals surface area contributed by atoms with Crippen molar-refractivity contribution < 1.29 is 19.1 Å². The lowest BCUT2D eigenvalue weighted by molar-refractivity contribution is 0.0216. The van der Waals surface area contributed by atoms with Crippen molar-refractivity contribution in [3.8, 4) is 0 Å². The van der Waals surface area contributed by atoms with Gasteiger partial charge in [0.2, 0.25) is 0 Å². The van der Waals surface area contributed by atoms with E-state index >= 15 is 0 Å². The average Bonchev–Trinajstić information content (AvgIpc) is 2.14. The van der Waals surface area contributed by atoms with Gasteiger partial charge < -0.3 is 9.47 Å². The van der Waals surface area contributed by atoms with Crippen molar-refractivity contribution in [3.63, 3.8) is 0 Å². The molecule has 0 aromatic heterocycles. The maximum atomic E-state index is 11.3. The third-order valence-corrected chi connectivity index (χ3v) is 1.51. The van der Waals surface area contributed by atoms with Gasteiger partial charge in [-0.2, -0.15) is 0 Å². The number of hydrogen-bond acceptors (Lipinski definition) is 5. The minimum Gasteiger partial charge on any atom is -0.448 e. The first-order chi connectivity index (χ1) is 7.28. The number of hydrazine groups is 1. The summed E-state index contributed by atoms with van der Waals surface area (Å²) in [7, 11) is 0. The van der Waals surface area contributed by atoms with Crippen LogP contribution in [0.2, 0.25) is 0 Å². The molecule has 0 bridgehead atoms. The maximum absolute atomic E-state index is 11.3. The summed E-state index contributed by atoms with van der Waals surface area (Å²) in [6.07, 6.45) is -0.199. The molecule has 2 amide bonds. The van der Waals surface area contributed by atoms with E-state index in [4.69, 9.17) is 15.3 Å². The van der Waals surface area contributed by atoms with E-state index in [9.17, 15) is 9.59 Å². The van der Waals surface area contributed by atoms with Gasteiger partial charge in [0.05, 0.1) is 6.61 Å². The van der Waals surface area contributed by atoms with Crippen LogP contribution in [0.15, 0.2) is 0 Å². The standard InChI is InChI=1S/C10H20N2O4/c1-5-6-7-15-8(13)12(11)9(14)16-10(2,3)4/h5-7,11H2,1-4H3. The molecular weight excluding hydrogens is 212 g/mol. The quantitative estimate of drug-likeness (QED) is 0.348. The van der Waals surface area contributed by atoms with E-state index in [0.717, 1.165) is 12.8 Å². The smallest absolute Gasteiger partial charge is 0.434 e. The van der Waals surface area contributed by atoms with Crippen LogP contribution in [0.3, 0.4) is 0 Å². The molecule has 0 aromatic rings. The second kappa shape index (κ2) is 6.32. The summed E-state index contributed by atoms with van der Waals surface area (Å²) in [6, 6.07) is 0. The maximum Gasteiger partial charge on any atom is 0.434 e. The highest BCUT2D eigenvalue weighted by Gasteiger charge is 2.25. The molecule has 0 rings (SSSR count). The van der Waals surface area contributed by atoms with Crippen LogP contribution in [0.25, 0.3) is 0 Å². The minimum absolute atomic E-state index is 0.242. The van der Waals surface area contributed by atoms with Gasteiger partial charge in [0.15, 0.2) is 0 Å². The summed E-state index contributed by atoms with van der Waals surface area (Å²) in [5.74, 6) is 5.23. The van der Waals surface area contributed by atoms with Gasteiger partial charge in [0.1, 0.15) is 5.60 Å². The topological polar surface area (TPSA) is 81.9 Å². The van der Waals surface area contributed by atoms with Gasteiger partial charge in [0.25, 0.3) is 0 Å². The number of ether oxygens (including phenoxy) is 2. The zero-order chi connectivity index (χ0) is 12.8. The Labute approximate surface area is 95.6 Å². The van der Waals surface area contributed by atoms with Gasteiger partial charge in [-0.1, -0.05) is 13.3 Å². The molecule has 0 aliphatic carbocycles. The van der Waals surface area contributed by atoms with Crippen LogP contribution in [0.5, 0.6) is 0 Å². The number of nitrogens with zero attached hydrogens (tertiary/aromatic N) is 1. The zero-order valence-electron chi connectivity index (χ0n) is 10.3. The molecule has 0 fully saturated rings. The highest BCUT2D eigenvalue weighted by Crippen LogP contribution is 2.08. The fourth-order valence-electron chi connectivity index (χ4n) is 0.759. The third-order valence-electron chi connectivity index (χ3n) is 1.51. The molecule has 0 spiro atoms. The van der Waals surface area contributed by atoms with Crippen molar-refractivity contribution in [2.24, 2.45) is 5.84 Å². The predicted molar refractivity (Wildman–Crippen MR) is 58.5 cm³/mol. The van der Waals surface area contributed by atoms with Crippen molar-refractivity contribution in [1.29, 1.82) is 0 Å². The molecule has 6 heteroatoms. The molecule has 0 aliphatic heterocycles. The van der Waals surface area contributed by atoms with Crippen molar-refractivity contribution in [2.45, 2.75) is 46.1 Å². The first kappa shape index (κ1) is 14.7. The Morgan fingerprint density at radius 3 is 2.25 bits per heavy atom. The van der Waals surface area contributed by atoms with Crippen molar-refractivity contribution >= 4 is 12.2 Å². The summed E-state index contributed by atoms with van der Waals surface area (Å²) in [6.45, 7) is 7.25. The second-order valence-electron chi connectivity index (χ2n) is 4.32. The summed E-state index contributed by atoms with van der Waals surface area (Å²) in [5.41, 5.74) is -0.696. The number of unbranched alkanes of at least 4 members (excludes halogenated alkanes) is 1. The molecule has 16 heavy (non-hydrogen) atoms. The number of nitrogens with two attached hydrogens (primary N) is 1. The van der Waals surface area contributed by atoms with Gasteiger partial charge in [-0.25, -0.2) is 15.4 Å². The van der Waals surface area contributed by atoms with Gasteiger partial charge >= 0.3 is 12.2 Å². The highest BCUT2D eigenvalue weighted by molar-refractivity contribution is 5.86. The number of carbonyl (C=O) groups is 2. The monoisotopic (exact) mass is 232 g/mol. The molecule has 94 valence electrons. The van der Waals surface area contributed by atoms with E-state index in [1.54, 1.807) is 20.8 Å². The molecule has 0 aromatic carbocycles. The fourth-order valence-corrected chi connectivity index (χ4v) is 0.759. The number of imide groups is 1. The fraction of sp³-hybridized carbons (Fsp3) is 0.800. The Morgan fingerprint density at radius 1 is 1.25 bits per heavy atom. The summed E-state index contributed by atoms with van der Waals surface area (Å²) in [4.78, 5) is 22.5. The molecule has 0 radical (unpaired) electrons. The zero-order valence-corrected chi connectivity index (χ0v) is 10.3. The van der Waals surface area contributed by atoms with E-state index in [-0.39, 0.29) is 6.61 Å². The van der Waals surface area contributed by atoms with Crippen molar-refractivity contribution in [3.05, 3.63) is 0 Å². The predicted octanol–water partition coefficient (Wildman–Crippen LogP) is 2.03. The SMILES string of the molecule is CCCCOC(=O)N(N)C(=O)OC(C)(C)C. The largest absolute Gasteiger partial charge is 0.448 e. The molecule has 0 aliphatic rings. The lowest BCUT2D eigenvalue weighted by Crippen LogP contribution is -2.45. The lowest BCUT2D eigenvalue weighted by Gasteiger charge is -2.22. The molecule has 0 unspecified atom stereocenters. The number of amides is 2. The van der Waals surface area contributed by atoms with Crippen LogP contribution in [-0.4, -0.2) is 29.4 Å². The van der Waals surface area contributed by atoms with Crippen LogP contribution in [0, 0.1) is 0 Å². The van der Waals surface area contributed by atoms with Crippen LogP contribution in [-0.2, 0) is 9.47 Å². The van der Waals surface area contributed by atoms with Gasteiger partial charge in [-0.15, -0.1) is 5.01 Å². The highest BCUT2D eigenvalue weighted by atomic mass is 16.6. The minimum atomic E-state index is -0.922. The average molecular weight is 232 g/mol. The molecule has 0 atom stereocenters. The normalized spacial score (nSPS) is 10.8. The Balaban J connectivity index is 4.07. The van der Waals surface area contributed by atoms with Crippen LogP contribution >= 0.6 is 0 Å². The first-order valence-electron chi connectivity index (χ1n) is 5.22. The van der Waals surface area contributed by atoms with Crippen LogP contribution in [0.4, 0.5) is 9.59 Å². The molecule has 0 saturated heterocycles. The van der Waals surface area contributed by atoms with Gasteiger partial charge in [-0.3, -0.25) is 0 Å². The first-order valence-corrected chi connectivity index (χ1v) is 5.22. The number of hydrogen-bond donors (Lipinski definition) is 1. The Morgan fingerprint density at radius 2 is 1.81 bits per heavy atom. The number of carbonyl (C=O) groups excluding carboxylic acids is 2. The molecule has 0 saturated carbocycles.